The SMILES string of the molecule is CN(C)S(=O)Nc1ccc(Oc2ccnc3ccccc23)cc1. The maximum absolute atomic E-state index is 11.7. The predicted molar refractivity (Wildman–Crippen MR) is 93.7 cm³/mol. The molecule has 6 heteroatoms. The van der Waals surface area contributed by atoms with Crippen LogP contribution in [0, 0.1) is 0 Å². The van der Waals surface area contributed by atoms with Crippen molar-refractivity contribution in [3.05, 3.63) is 60.8 Å². The van der Waals surface area contributed by atoms with Crippen LogP contribution in [-0.4, -0.2) is 27.6 Å². The second-order valence-corrected chi connectivity index (χ2v) is 6.55. The Kier molecular flexibility index (Phi) is 4.55. The number of aromatic nitrogens is 1. The summed E-state index contributed by atoms with van der Waals surface area (Å²) in [5.74, 6) is 1.47. The Labute approximate surface area is 137 Å². The first kappa shape index (κ1) is 15.5. The highest BCUT2D eigenvalue weighted by atomic mass is 32.2. The maximum Gasteiger partial charge on any atom is 0.195 e. The maximum atomic E-state index is 11.7. The molecule has 1 atom stereocenters. The van der Waals surface area contributed by atoms with E-state index in [0.29, 0.717) is 5.75 Å². The van der Waals surface area contributed by atoms with Crippen molar-refractivity contribution in [3.8, 4) is 11.5 Å². The first-order chi connectivity index (χ1) is 11.1. The van der Waals surface area contributed by atoms with Gasteiger partial charge >= 0.3 is 0 Å². The van der Waals surface area contributed by atoms with Gasteiger partial charge in [-0.05, 0) is 42.5 Å². The molecule has 0 saturated heterocycles. The van der Waals surface area contributed by atoms with Crippen molar-refractivity contribution in [1.29, 1.82) is 0 Å². The zero-order chi connectivity index (χ0) is 16.2. The molecule has 0 amide bonds. The van der Waals surface area contributed by atoms with Crippen LogP contribution >= 0.6 is 0 Å². The summed E-state index contributed by atoms with van der Waals surface area (Å²) < 4.78 is 22.2. The number of pyridine rings is 1. The highest BCUT2D eigenvalue weighted by molar-refractivity contribution is 7.83. The van der Waals surface area contributed by atoms with E-state index >= 15 is 0 Å². The van der Waals surface area contributed by atoms with Crippen LogP contribution in [-0.2, 0) is 11.2 Å². The van der Waals surface area contributed by atoms with Crippen molar-refractivity contribution in [2.45, 2.75) is 0 Å². The number of fused-ring (bicyclic) bond motifs is 1. The van der Waals surface area contributed by atoms with E-state index in [4.69, 9.17) is 4.74 Å². The molecule has 0 aliphatic rings. The number of rotatable bonds is 5. The van der Waals surface area contributed by atoms with Gasteiger partial charge in [-0.3, -0.25) is 9.71 Å². The summed E-state index contributed by atoms with van der Waals surface area (Å²) in [7, 11) is 3.49. The zero-order valence-corrected chi connectivity index (χ0v) is 13.7. The fourth-order valence-corrected chi connectivity index (χ4v) is 2.59. The summed E-state index contributed by atoms with van der Waals surface area (Å²) in [5, 5.41) is 0.964. The number of hydrogen-bond acceptors (Lipinski definition) is 3. The molecule has 0 saturated carbocycles. The minimum atomic E-state index is -1.25. The van der Waals surface area contributed by atoms with Crippen molar-refractivity contribution in [1.82, 2.24) is 9.29 Å². The third-order valence-corrected chi connectivity index (χ3v) is 4.30. The van der Waals surface area contributed by atoms with Crippen LogP contribution in [0.1, 0.15) is 0 Å². The van der Waals surface area contributed by atoms with E-state index in [0.717, 1.165) is 22.3 Å². The number of nitrogens with zero attached hydrogens (tertiary/aromatic N) is 2. The third kappa shape index (κ3) is 3.67. The van der Waals surface area contributed by atoms with E-state index < -0.39 is 11.2 Å². The number of nitrogens with one attached hydrogen (secondary N) is 1. The molecule has 0 aliphatic carbocycles. The molecule has 1 unspecified atom stereocenters. The average Bonchev–Trinajstić information content (AvgIpc) is 2.57. The molecule has 1 N–H and O–H groups in total. The number of anilines is 1. The lowest BCUT2D eigenvalue weighted by atomic mass is 10.2. The topological polar surface area (TPSA) is 54.5 Å². The molecule has 1 heterocycles. The monoisotopic (exact) mass is 327 g/mol. The van der Waals surface area contributed by atoms with Crippen LogP contribution in [0.2, 0.25) is 0 Å². The van der Waals surface area contributed by atoms with Gasteiger partial charge < -0.3 is 4.74 Å². The van der Waals surface area contributed by atoms with E-state index in [2.05, 4.69) is 9.71 Å². The standard InChI is InChI=1S/C17H17N3O2S/c1-20(2)23(21)19-13-7-9-14(10-8-13)22-17-11-12-18-16-6-4-3-5-15(16)17/h3-12,19H,1-2H3. The zero-order valence-electron chi connectivity index (χ0n) is 12.9. The highest BCUT2D eigenvalue weighted by Crippen LogP contribution is 2.29. The largest absolute Gasteiger partial charge is 0.457 e. The van der Waals surface area contributed by atoms with Crippen LogP contribution in [0.15, 0.2) is 60.8 Å². The molecule has 118 valence electrons. The normalized spacial score (nSPS) is 12.3. The summed E-state index contributed by atoms with van der Waals surface area (Å²) >= 11 is -1.25. The Hall–Kier alpha value is -2.44. The Morgan fingerprint density at radius 3 is 2.52 bits per heavy atom. The van der Waals surface area contributed by atoms with Crippen molar-refractivity contribution in [2.75, 3.05) is 18.8 Å². The average molecular weight is 327 g/mol. The van der Waals surface area contributed by atoms with Gasteiger partial charge in [0.25, 0.3) is 0 Å². The first-order valence-electron chi connectivity index (χ1n) is 7.11. The van der Waals surface area contributed by atoms with Gasteiger partial charge in [0.1, 0.15) is 11.5 Å². The van der Waals surface area contributed by atoms with Crippen LogP contribution in [0.25, 0.3) is 10.9 Å². The smallest absolute Gasteiger partial charge is 0.195 e. The molecule has 0 radical (unpaired) electrons. The lowest BCUT2D eigenvalue weighted by Crippen LogP contribution is -2.21. The van der Waals surface area contributed by atoms with Crippen LogP contribution < -0.4 is 9.46 Å². The Bertz CT molecular complexity index is 829. The third-order valence-electron chi connectivity index (χ3n) is 3.23. The fraction of sp³-hybridized carbons (Fsp3) is 0.118. The van der Waals surface area contributed by atoms with Gasteiger partial charge in [-0.15, -0.1) is 0 Å². The van der Waals surface area contributed by atoms with E-state index in [1.54, 1.807) is 24.6 Å². The van der Waals surface area contributed by atoms with E-state index in [1.807, 2.05) is 54.6 Å². The molecule has 0 bridgehead atoms. The minimum Gasteiger partial charge on any atom is -0.457 e. The van der Waals surface area contributed by atoms with E-state index in [-0.39, 0.29) is 0 Å². The molecular formula is C17H17N3O2S. The summed E-state index contributed by atoms with van der Waals surface area (Å²) in [4.78, 5) is 4.32. The molecular weight excluding hydrogens is 310 g/mol. The predicted octanol–water partition coefficient (Wildman–Crippen LogP) is 3.58. The lowest BCUT2D eigenvalue weighted by molar-refractivity contribution is 0.488. The Morgan fingerprint density at radius 2 is 1.78 bits per heavy atom. The van der Waals surface area contributed by atoms with Gasteiger partial charge in [-0.2, -0.15) is 0 Å². The van der Waals surface area contributed by atoms with Gasteiger partial charge in [0.2, 0.25) is 0 Å². The van der Waals surface area contributed by atoms with Crippen molar-refractivity contribution in [2.24, 2.45) is 0 Å². The van der Waals surface area contributed by atoms with Crippen LogP contribution in [0.4, 0.5) is 5.69 Å². The van der Waals surface area contributed by atoms with Gasteiger partial charge in [-0.25, -0.2) is 8.51 Å². The molecule has 1 aromatic heterocycles. The highest BCUT2D eigenvalue weighted by Gasteiger charge is 2.05. The summed E-state index contributed by atoms with van der Waals surface area (Å²) in [5.41, 5.74) is 1.66. The first-order valence-corrected chi connectivity index (χ1v) is 8.22. The molecule has 3 rings (SSSR count). The van der Waals surface area contributed by atoms with Crippen LogP contribution in [0.5, 0.6) is 11.5 Å². The number of hydrogen-bond donors (Lipinski definition) is 1. The molecule has 2 aromatic carbocycles. The number of para-hydroxylation sites is 1. The second kappa shape index (κ2) is 6.76. The molecule has 5 nitrogen and oxygen atoms in total. The van der Waals surface area contributed by atoms with E-state index in [1.165, 1.54) is 0 Å². The van der Waals surface area contributed by atoms with Gasteiger partial charge in [-0.1, -0.05) is 12.1 Å². The summed E-state index contributed by atoms with van der Waals surface area (Å²) in [6, 6.07) is 17.0. The Morgan fingerprint density at radius 1 is 1.04 bits per heavy atom. The molecule has 3 aromatic rings. The lowest BCUT2D eigenvalue weighted by Gasteiger charge is -2.12. The Balaban J connectivity index is 1.79. The van der Waals surface area contributed by atoms with Gasteiger partial charge in [0, 0.05) is 31.4 Å². The fourth-order valence-electron chi connectivity index (χ4n) is 2.07. The molecule has 23 heavy (non-hydrogen) atoms. The molecule has 0 aliphatic heterocycles. The van der Waals surface area contributed by atoms with Crippen molar-refractivity contribution in [3.63, 3.8) is 0 Å². The quantitative estimate of drug-likeness (QED) is 0.779. The molecule has 0 spiro atoms. The van der Waals surface area contributed by atoms with Gasteiger partial charge in [0.15, 0.2) is 11.2 Å². The van der Waals surface area contributed by atoms with Gasteiger partial charge in [0.05, 0.1) is 5.52 Å². The molecule has 0 fully saturated rings. The van der Waals surface area contributed by atoms with Crippen molar-refractivity contribution >= 4 is 27.8 Å². The minimum absolute atomic E-state index is 0.711. The van der Waals surface area contributed by atoms with E-state index in [9.17, 15) is 4.21 Å². The van der Waals surface area contributed by atoms with Crippen LogP contribution in [0.3, 0.4) is 0 Å². The summed E-state index contributed by atoms with van der Waals surface area (Å²) in [6.45, 7) is 0. The summed E-state index contributed by atoms with van der Waals surface area (Å²) in [6.07, 6.45) is 1.73. The van der Waals surface area contributed by atoms with Crippen molar-refractivity contribution < 1.29 is 8.95 Å². The number of ether oxygens (including phenoxy) is 1. The number of benzene rings is 2. The second-order valence-electron chi connectivity index (χ2n) is 5.12.